The molecule has 1 atom stereocenters. The van der Waals surface area contributed by atoms with Gasteiger partial charge in [-0.05, 0) is 43.2 Å². The van der Waals surface area contributed by atoms with Crippen molar-refractivity contribution in [3.63, 3.8) is 0 Å². The quantitative estimate of drug-likeness (QED) is 0.767. The average Bonchev–Trinajstić information content (AvgIpc) is 2.83. The molecule has 0 bridgehead atoms. The highest BCUT2D eigenvalue weighted by atomic mass is 16.5. The van der Waals surface area contributed by atoms with Crippen molar-refractivity contribution in [1.29, 1.82) is 0 Å². The molecule has 1 fully saturated rings. The van der Waals surface area contributed by atoms with Crippen LogP contribution in [0.1, 0.15) is 25.8 Å². The smallest absolute Gasteiger partial charge is 0.0482 e. The molecule has 2 nitrogen and oxygen atoms in total. The third-order valence-electron chi connectivity index (χ3n) is 4.02. The molecule has 3 rings (SSSR count). The van der Waals surface area contributed by atoms with Crippen LogP contribution in [0.15, 0.2) is 36.5 Å². The van der Waals surface area contributed by atoms with Gasteiger partial charge in [0.1, 0.15) is 0 Å². The Morgan fingerprint density at radius 2 is 1.94 bits per heavy atom. The molecule has 0 N–H and O–H groups in total. The summed E-state index contributed by atoms with van der Waals surface area (Å²) in [6.45, 7) is 4.19. The maximum absolute atomic E-state index is 5.45. The molecule has 1 aliphatic heterocycles. The van der Waals surface area contributed by atoms with E-state index in [1.807, 2.05) is 0 Å². The molecule has 2 heteroatoms. The molecular formula is C15H19NO. The number of rotatable bonds is 2. The van der Waals surface area contributed by atoms with Crippen LogP contribution in [0.5, 0.6) is 0 Å². The number of hydrogen-bond donors (Lipinski definition) is 0. The van der Waals surface area contributed by atoms with E-state index in [1.54, 1.807) is 0 Å². The normalized spacial score (nSPS) is 19.6. The first-order valence-electron chi connectivity index (χ1n) is 6.49. The van der Waals surface area contributed by atoms with E-state index in [0.717, 1.165) is 19.1 Å². The molecule has 17 heavy (non-hydrogen) atoms. The van der Waals surface area contributed by atoms with Gasteiger partial charge in [-0.3, -0.25) is 0 Å². The SMILES string of the molecule is CC(C1CCOCC1)n1ccc2ccccc21. The molecule has 1 aromatic heterocycles. The summed E-state index contributed by atoms with van der Waals surface area (Å²) in [6.07, 6.45) is 4.60. The molecule has 0 saturated carbocycles. The van der Waals surface area contributed by atoms with Crippen LogP contribution < -0.4 is 0 Å². The maximum Gasteiger partial charge on any atom is 0.0482 e. The van der Waals surface area contributed by atoms with Crippen molar-refractivity contribution in [2.45, 2.75) is 25.8 Å². The average molecular weight is 229 g/mol. The highest BCUT2D eigenvalue weighted by molar-refractivity contribution is 5.80. The summed E-state index contributed by atoms with van der Waals surface area (Å²) in [5, 5.41) is 1.34. The van der Waals surface area contributed by atoms with Gasteiger partial charge >= 0.3 is 0 Å². The van der Waals surface area contributed by atoms with Crippen molar-refractivity contribution < 1.29 is 4.74 Å². The fraction of sp³-hybridized carbons (Fsp3) is 0.467. The van der Waals surface area contributed by atoms with Crippen LogP contribution in [0.2, 0.25) is 0 Å². The second kappa shape index (κ2) is 4.53. The minimum Gasteiger partial charge on any atom is -0.381 e. The second-order valence-corrected chi connectivity index (χ2v) is 4.97. The van der Waals surface area contributed by atoms with E-state index >= 15 is 0 Å². The largest absolute Gasteiger partial charge is 0.381 e. The van der Waals surface area contributed by atoms with Gasteiger partial charge in [-0.15, -0.1) is 0 Å². The molecule has 0 spiro atoms. The Kier molecular flexibility index (Phi) is 2.89. The first kappa shape index (κ1) is 10.8. The molecule has 90 valence electrons. The van der Waals surface area contributed by atoms with Crippen LogP contribution in [0.3, 0.4) is 0 Å². The van der Waals surface area contributed by atoms with Crippen LogP contribution in [0.4, 0.5) is 0 Å². The van der Waals surface area contributed by atoms with Crippen LogP contribution in [-0.2, 0) is 4.74 Å². The number of ether oxygens (including phenoxy) is 1. The van der Waals surface area contributed by atoms with E-state index in [1.165, 1.54) is 23.7 Å². The first-order valence-corrected chi connectivity index (χ1v) is 6.49. The van der Waals surface area contributed by atoms with E-state index in [0.29, 0.717) is 6.04 Å². The zero-order valence-corrected chi connectivity index (χ0v) is 10.3. The molecule has 2 heterocycles. The van der Waals surface area contributed by atoms with Crippen LogP contribution in [-0.4, -0.2) is 17.8 Å². The molecule has 2 aromatic rings. The van der Waals surface area contributed by atoms with Gasteiger partial charge in [0, 0.05) is 31.0 Å². The number of nitrogens with zero attached hydrogens (tertiary/aromatic N) is 1. The first-order chi connectivity index (χ1) is 8.36. The highest BCUT2D eigenvalue weighted by Crippen LogP contribution is 2.30. The number of hydrogen-bond acceptors (Lipinski definition) is 1. The third kappa shape index (κ3) is 1.98. The lowest BCUT2D eigenvalue weighted by atomic mass is 9.93. The second-order valence-electron chi connectivity index (χ2n) is 4.97. The predicted octanol–water partition coefficient (Wildman–Crippen LogP) is 3.63. The van der Waals surface area contributed by atoms with Crippen molar-refractivity contribution in [3.8, 4) is 0 Å². The molecule has 1 aliphatic rings. The summed E-state index contributed by atoms with van der Waals surface area (Å²) in [5.74, 6) is 0.750. The molecule has 1 unspecified atom stereocenters. The van der Waals surface area contributed by atoms with E-state index in [4.69, 9.17) is 4.74 Å². The van der Waals surface area contributed by atoms with Gasteiger partial charge < -0.3 is 9.30 Å². The Morgan fingerprint density at radius 1 is 1.18 bits per heavy atom. The zero-order chi connectivity index (χ0) is 11.7. The number of para-hydroxylation sites is 1. The van der Waals surface area contributed by atoms with Crippen molar-refractivity contribution >= 4 is 10.9 Å². The van der Waals surface area contributed by atoms with Gasteiger partial charge in [0.2, 0.25) is 0 Å². The number of fused-ring (bicyclic) bond motifs is 1. The van der Waals surface area contributed by atoms with E-state index < -0.39 is 0 Å². The summed E-state index contributed by atoms with van der Waals surface area (Å²) in [5.41, 5.74) is 1.35. The summed E-state index contributed by atoms with van der Waals surface area (Å²) < 4.78 is 7.87. The lowest BCUT2D eigenvalue weighted by Crippen LogP contribution is -2.23. The fourth-order valence-electron chi connectivity index (χ4n) is 2.88. The van der Waals surface area contributed by atoms with Gasteiger partial charge in [0.05, 0.1) is 0 Å². The molecular weight excluding hydrogens is 210 g/mol. The predicted molar refractivity (Wildman–Crippen MR) is 70.2 cm³/mol. The minimum absolute atomic E-state index is 0.568. The van der Waals surface area contributed by atoms with Crippen molar-refractivity contribution in [2.75, 3.05) is 13.2 Å². The molecule has 0 aliphatic carbocycles. The van der Waals surface area contributed by atoms with Gasteiger partial charge in [-0.25, -0.2) is 0 Å². The summed E-state index contributed by atoms with van der Waals surface area (Å²) in [7, 11) is 0. The van der Waals surface area contributed by atoms with Gasteiger partial charge in [0.25, 0.3) is 0 Å². The maximum atomic E-state index is 5.45. The van der Waals surface area contributed by atoms with E-state index in [-0.39, 0.29) is 0 Å². The Bertz CT molecular complexity index is 496. The van der Waals surface area contributed by atoms with E-state index in [9.17, 15) is 0 Å². The Balaban J connectivity index is 1.92. The Labute approximate surface area is 102 Å². The molecule has 0 amide bonds. The molecule has 1 aromatic carbocycles. The molecule has 1 saturated heterocycles. The topological polar surface area (TPSA) is 14.2 Å². The lowest BCUT2D eigenvalue weighted by molar-refractivity contribution is 0.0519. The van der Waals surface area contributed by atoms with Crippen LogP contribution >= 0.6 is 0 Å². The standard InChI is InChI=1S/C15H19NO/c1-12(13-7-10-17-11-8-13)16-9-6-14-4-2-3-5-15(14)16/h2-6,9,12-13H,7-8,10-11H2,1H3. The Hall–Kier alpha value is -1.28. The minimum atomic E-state index is 0.568. The van der Waals surface area contributed by atoms with Gasteiger partial charge in [0.15, 0.2) is 0 Å². The number of aromatic nitrogens is 1. The summed E-state index contributed by atoms with van der Waals surface area (Å²) in [6, 6.07) is 11.4. The third-order valence-corrected chi connectivity index (χ3v) is 4.02. The zero-order valence-electron chi connectivity index (χ0n) is 10.3. The fourth-order valence-corrected chi connectivity index (χ4v) is 2.88. The van der Waals surface area contributed by atoms with Gasteiger partial charge in [-0.1, -0.05) is 18.2 Å². The Morgan fingerprint density at radius 3 is 2.76 bits per heavy atom. The van der Waals surface area contributed by atoms with Crippen molar-refractivity contribution in [3.05, 3.63) is 36.5 Å². The summed E-state index contributed by atoms with van der Waals surface area (Å²) >= 11 is 0. The number of benzene rings is 1. The van der Waals surface area contributed by atoms with Crippen molar-refractivity contribution in [1.82, 2.24) is 4.57 Å². The summed E-state index contributed by atoms with van der Waals surface area (Å²) in [4.78, 5) is 0. The van der Waals surface area contributed by atoms with Gasteiger partial charge in [-0.2, -0.15) is 0 Å². The van der Waals surface area contributed by atoms with E-state index in [2.05, 4.69) is 48.0 Å². The lowest BCUT2D eigenvalue weighted by Gasteiger charge is -2.29. The van der Waals surface area contributed by atoms with Crippen LogP contribution in [0.25, 0.3) is 10.9 Å². The molecule has 0 radical (unpaired) electrons. The highest BCUT2D eigenvalue weighted by Gasteiger charge is 2.22. The van der Waals surface area contributed by atoms with Crippen molar-refractivity contribution in [2.24, 2.45) is 5.92 Å². The monoisotopic (exact) mass is 229 g/mol. The van der Waals surface area contributed by atoms with Crippen LogP contribution in [0, 0.1) is 5.92 Å².